The van der Waals surface area contributed by atoms with Crippen LogP contribution in [0.4, 0.5) is 0 Å². The molecular weight excluding hydrogens is 328 g/mol. The number of esters is 1. The highest BCUT2D eigenvalue weighted by Crippen LogP contribution is 2.13. The van der Waals surface area contributed by atoms with Crippen molar-refractivity contribution in [3.8, 4) is 0 Å². The fourth-order valence-corrected chi connectivity index (χ4v) is 3.29. The smallest absolute Gasteiger partial charge is 0.305 e. The zero-order valence-corrected chi connectivity index (χ0v) is 17.8. The molecule has 0 atom stereocenters. The van der Waals surface area contributed by atoms with Gasteiger partial charge in [-0.15, -0.1) is 0 Å². The van der Waals surface area contributed by atoms with Crippen molar-refractivity contribution in [3.63, 3.8) is 0 Å². The van der Waals surface area contributed by atoms with Crippen molar-refractivity contribution in [2.75, 3.05) is 12.4 Å². The Morgan fingerprint density at radius 3 is 1.44 bits per heavy atom. The van der Waals surface area contributed by atoms with Crippen LogP contribution in [0.3, 0.4) is 0 Å². The molecule has 0 aromatic rings. The van der Waals surface area contributed by atoms with Crippen molar-refractivity contribution in [1.29, 1.82) is 0 Å². The van der Waals surface area contributed by atoms with Gasteiger partial charge in [-0.1, -0.05) is 103 Å². The van der Waals surface area contributed by atoms with Gasteiger partial charge < -0.3 is 4.74 Å². The third kappa shape index (κ3) is 21.8. The number of rotatable bonds is 20. The van der Waals surface area contributed by atoms with Crippen molar-refractivity contribution in [2.45, 2.75) is 122 Å². The lowest BCUT2D eigenvalue weighted by atomic mass is 10.0. The van der Waals surface area contributed by atoms with E-state index in [1.807, 2.05) is 0 Å². The first-order valence-corrected chi connectivity index (χ1v) is 11.7. The molecule has 3 heteroatoms. The standard InChI is InChI=1S/C22H44O2S/c1-2-3-4-5-6-7-8-9-10-11-12-13-14-15-16-17-20-24-22(23)19-18-21-25/h25H,2-21H2,1H3. The number of ether oxygens (including phenoxy) is 1. The maximum absolute atomic E-state index is 11.3. The first-order chi connectivity index (χ1) is 12.3. The lowest BCUT2D eigenvalue weighted by Gasteiger charge is -2.05. The van der Waals surface area contributed by atoms with Crippen LogP contribution in [0.1, 0.15) is 122 Å². The summed E-state index contributed by atoms with van der Waals surface area (Å²) in [6.45, 7) is 2.88. The molecule has 0 amide bonds. The molecule has 0 fully saturated rings. The van der Waals surface area contributed by atoms with Crippen LogP contribution >= 0.6 is 12.6 Å². The highest BCUT2D eigenvalue weighted by Gasteiger charge is 2.01. The second-order valence-corrected chi connectivity index (χ2v) is 7.80. The van der Waals surface area contributed by atoms with Gasteiger partial charge in [-0.3, -0.25) is 4.79 Å². The summed E-state index contributed by atoms with van der Waals surface area (Å²) in [6.07, 6.45) is 23.2. The molecule has 0 saturated heterocycles. The summed E-state index contributed by atoms with van der Waals surface area (Å²) in [5.41, 5.74) is 0. The Kier molecular flexibility index (Phi) is 21.7. The molecule has 0 aliphatic rings. The number of hydrogen-bond donors (Lipinski definition) is 1. The Hall–Kier alpha value is -0.180. The molecule has 0 saturated carbocycles. The van der Waals surface area contributed by atoms with Crippen LogP contribution in [0.2, 0.25) is 0 Å². The molecule has 0 rings (SSSR count). The fraction of sp³-hybridized carbons (Fsp3) is 0.955. The predicted molar refractivity (Wildman–Crippen MR) is 114 cm³/mol. The summed E-state index contributed by atoms with van der Waals surface area (Å²) in [4.78, 5) is 11.3. The average molecular weight is 373 g/mol. The van der Waals surface area contributed by atoms with E-state index < -0.39 is 0 Å². The second kappa shape index (κ2) is 21.9. The summed E-state index contributed by atoms with van der Waals surface area (Å²) in [7, 11) is 0. The third-order valence-corrected chi connectivity index (χ3v) is 5.12. The highest BCUT2D eigenvalue weighted by atomic mass is 32.1. The Labute approximate surface area is 163 Å². The zero-order chi connectivity index (χ0) is 18.4. The molecular formula is C22H44O2S. The van der Waals surface area contributed by atoms with Crippen molar-refractivity contribution < 1.29 is 9.53 Å². The van der Waals surface area contributed by atoms with E-state index >= 15 is 0 Å². The summed E-state index contributed by atoms with van der Waals surface area (Å²) in [5, 5.41) is 0. The van der Waals surface area contributed by atoms with Crippen molar-refractivity contribution in [1.82, 2.24) is 0 Å². The Morgan fingerprint density at radius 2 is 1.04 bits per heavy atom. The number of carbonyl (C=O) groups is 1. The minimum atomic E-state index is -0.0602. The number of unbranched alkanes of at least 4 members (excludes halogenated alkanes) is 15. The van der Waals surface area contributed by atoms with Gasteiger partial charge >= 0.3 is 5.97 Å². The van der Waals surface area contributed by atoms with E-state index in [1.54, 1.807) is 0 Å². The van der Waals surface area contributed by atoms with Crippen LogP contribution in [0.5, 0.6) is 0 Å². The van der Waals surface area contributed by atoms with Crippen LogP contribution in [-0.4, -0.2) is 18.3 Å². The van der Waals surface area contributed by atoms with Gasteiger partial charge in [-0.25, -0.2) is 0 Å². The van der Waals surface area contributed by atoms with E-state index in [-0.39, 0.29) is 5.97 Å². The normalized spacial score (nSPS) is 11.0. The highest BCUT2D eigenvalue weighted by molar-refractivity contribution is 7.80. The van der Waals surface area contributed by atoms with Crippen LogP contribution < -0.4 is 0 Å². The SMILES string of the molecule is CCCCCCCCCCCCCCCCCCOC(=O)CCCS. The van der Waals surface area contributed by atoms with Gasteiger partial charge in [0, 0.05) is 6.42 Å². The molecule has 0 radical (unpaired) electrons. The summed E-state index contributed by atoms with van der Waals surface area (Å²) >= 11 is 4.09. The van der Waals surface area contributed by atoms with Gasteiger partial charge in [0.25, 0.3) is 0 Å². The summed E-state index contributed by atoms with van der Waals surface area (Å²) in [5.74, 6) is 0.698. The molecule has 0 N–H and O–H groups in total. The summed E-state index contributed by atoms with van der Waals surface area (Å²) < 4.78 is 5.19. The molecule has 0 aliphatic heterocycles. The number of thiol groups is 1. The van der Waals surface area contributed by atoms with Gasteiger partial charge in [0.1, 0.15) is 0 Å². The van der Waals surface area contributed by atoms with E-state index in [1.165, 1.54) is 96.3 Å². The predicted octanol–water partition coefficient (Wildman–Crippen LogP) is 7.50. The van der Waals surface area contributed by atoms with Crippen LogP contribution in [0.15, 0.2) is 0 Å². The van der Waals surface area contributed by atoms with E-state index in [2.05, 4.69) is 19.6 Å². The van der Waals surface area contributed by atoms with Crippen LogP contribution in [0, 0.1) is 0 Å². The van der Waals surface area contributed by atoms with E-state index in [0.29, 0.717) is 13.0 Å². The van der Waals surface area contributed by atoms with E-state index in [0.717, 1.165) is 18.6 Å². The first kappa shape index (κ1) is 24.8. The fourth-order valence-electron chi connectivity index (χ4n) is 3.13. The Balaban J connectivity index is 3.04. The topological polar surface area (TPSA) is 26.3 Å². The zero-order valence-electron chi connectivity index (χ0n) is 16.9. The molecule has 0 aliphatic carbocycles. The van der Waals surface area contributed by atoms with Crippen molar-refractivity contribution >= 4 is 18.6 Å². The maximum atomic E-state index is 11.3. The monoisotopic (exact) mass is 372 g/mol. The molecule has 0 bridgehead atoms. The molecule has 0 spiro atoms. The molecule has 2 nitrogen and oxygen atoms in total. The largest absolute Gasteiger partial charge is 0.466 e. The Bertz CT molecular complexity index is 269. The second-order valence-electron chi connectivity index (χ2n) is 7.35. The minimum Gasteiger partial charge on any atom is -0.466 e. The summed E-state index contributed by atoms with van der Waals surface area (Å²) in [6, 6.07) is 0. The van der Waals surface area contributed by atoms with Gasteiger partial charge in [0.05, 0.1) is 6.61 Å². The quantitative estimate of drug-likeness (QED) is 0.136. The van der Waals surface area contributed by atoms with Gasteiger partial charge in [-0.2, -0.15) is 12.6 Å². The maximum Gasteiger partial charge on any atom is 0.305 e. The molecule has 0 unspecified atom stereocenters. The van der Waals surface area contributed by atoms with Crippen LogP contribution in [-0.2, 0) is 9.53 Å². The van der Waals surface area contributed by atoms with Crippen molar-refractivity contribution in [2.24, 2.45) is 0 Å². The molecule has 25 heavy (non-hydrogen) atoms. The lowest BCUT2D eigenvalue weighted by Crippen LogP contribution is -2.05. The average Bonchev–Trinajstić information content (AvgIpc) is 2.62. The lowest BCUT2D eigenvalue weighted by molar-refractivity contribution is -0.143. The van der Waals surface area contributed by atoms with Crippen molar-refractivity contribution in [3.05, 3.63) is 0 Å². The molecule has 0 heterocycles. The van der Waals surface area contributed by atoms with Gasteiger partial charge in [0.15, 0.2) is 0 Å². The van der Waals surface area contributed by atoms with Gasteiger partial charge in [0.2, 0.25) is 0 Å². The van der Waals surface area contributed by atoms with Crippen LogP contribution in [0.25, 0.3) is 0 Å². The number of hydrogen-bond acceptors (Lipinski definition) is 3. The molecule has 150 valence electrons. The van der Waals surface area contributed by atoms with E-state index in [4.69, 9.17) is 4.74 Å². The first-order valence-electron chi connectivity index (χ1n) is 11.1. The Morgan fingerprint density at radius 1 is 0.640 bits per heavy atom. The molecule has 0 aromatic heterocycles. The third-order valence-electron chi connectivity index (χ3n) is 4.80. The van der Waals surface area contributed by atoms with E-state index in [9.17, 15) is 4.79 Å². The van der Waals surface area contributed by atoms with Gasteiger partial charge in [-0.05, 0) is 18.6 Å². The number of carbonyl (C=O) groups excluding carboxylic acids is 1. The molecule has 0 aromatic carbocycles. The minimum absolute atomic E-state index is 0.0602.